The lowest BCUT2D eigenvalue weighted by atomic mass is 10.0. The molecule has 0 amide bonds. The fourth-order valence-electron chi connectivity index (χ4n) is 1.25. The van der Waals surface area contributed by atoms with Crippen molar-refractivity contribution in [2.45, 2.75) is 19.8 Å². The van der Waals surface area contributed by atoms with Gasteiger partial charge in [0, 0.05) is 6.42 Å². The van der Waals surface area contributed by atoms with E-state index in [1.54, 1.807) is 6.07 Å². The van der Waals surface area contributed by atoms with Crippen LogP contribution in [-0.4, -0.2) is 6.29 Å². The third-order valence-electron chi connectivity index (χ3n) is 1.88. The van der Waals surface area contributed by atoms with Gasteiger partial charge in [-0.15, -0.1) is 0 Å². The predicted molar refractivity (Wildman–Crippen MR) is 45.5 cm³/mol. The highest BCUT2D eigenvalue weighted by Crippen LogP contribution is 2.13. The van der Waals surface area contributed by atoms with Crippen molar-refractivity contribution in [3.05, 3.63) is 35.1 Å². The number of aryl methyl sites for hydroxylation is 1. The van der Waals surface area contributed by atoms with E-state index in [2.05, 4.69) is 0 Å². The van der Waals surface area contributed by atoms with Gasteiger partial charge in [0.1, 0.15) is 12.1 Å². The second-order valence-electron chi connectivity index (χ2n) is 2.60. The van der Waals surface area contributed by atoms with E-state index in [0.29, 0.717) is 5.56 Å². The van der Waals surface area contributed by atoms with Crippen LogP contribution in [0.25, 0.3) is 0 Å². The molecule has 0 heterocycles. The number of hydrogen-bond donors (Lipinski definition) is 0. The smallest absolute Gasteiger partial charge is 0.127 e. The molecule has 12 heavy (non-hydrogen) atoms. The van der Waals surface area contributed by atoms with Crippen LogP contribution < -0.4 is 0 Å². The Morgan fingerprint density at radius 1 is 1.50 bits per heavy atom. The molecule has 0 bridgehead atoms. The van der Waals surface area contributed by atoms with E-state index in [0.717, 1.165) is 18.3 Å². The summed E-state index contributed by atoms with van der Waals surface area (Å²) < 4.78 is 13.1. The Balaban J connectivity index is 3.10. The van der Waals surface area contributed by atoms with Crippen molar-refractivity contribution < 1.29 is 9.18 Å². The molecule has 0 aliphatic heterocycles. The summed E-state index contributed by atoms with van der Waals surface area (Å²) in [4.78, 5) is 10.2. The summed E-state index contributed by atoms with van der Waals surface area (Å²) in [5.41, 5.74) is 1.46. The highest BCUT2D eigenvalue weighted by Gasteiger charge is 2.05. The zero-order valence-corrected chi connectivity index (χ0v) is 7.01. The van der Waals surface area contributed by atoms with Crippen molar-refractivity contribution >= 4 is 6.29 Å². The topological polar surface area (TPSA) is 17.1 Å². The lowest BCUT2D eigenvalue weighted by Gasteiger charge is -2.04. The number of carbonyl (C=O) groups is 1. The van der Waals surface area contributed by atoms with Gasteiger partial charge in [0.25, 0.3) is 0 Å². The van der Waals surface area contributed by atoms with Crippen LogP contribution in [0.3, 0.4) is 0 Å². The van der Waals surface area contributed by atoms with Crippen LogP contribution >= 0.6 is 0 Å². The monoisotopic (exact) mass is 166 g/mol. The first kappa shape index (κ1) is 8.91. The van der Waals surface area contributed by atoms with E-state index in [4.69, 9.17) is 0 Å². The predicted octanol–water partition coefficient (Wildman–Crippen LogP) is 2.13. The Morgan fingerprint density at radius 3 is 2.83 bits per heavy atom. The summed E-state index contributed by atoms with van der Waals surface area (Å²) in [5.74, 6) is -0.276. The average molecular weight is 166 g/mol. The molecular weight excluding hydrogens is 155 g/mol. The maximum absolute atomic E-state index is 13.1. The lowest BCUT2D eigenvalue weighted by molar-refractivity contribution is -0.107. The lowest BCUT2D eigenvalue weighted by Crippen LogP contribution is -1.97. The van der Waals surface area contributed by atoms with Crippen LogP contribution in [0.2, 0.25) is 0 Å². The van der Waals surface area contributed by atoms with Crippen LogP contribution in [-0.2, 0) is 17.6 Å². The first-order valence-electron chi connectivity index (χ1n) is 3.99. The number of carbonyl (C=O) groups excluding carboxylic acids is 1. The van der Waals surface area contributed by atoms with Gasteiger partial charge in [0.15, 0.2) is 0 Å². The Bertz CT molecular complexity index is 281. The number of aldehydes is 1. The second kappa shape index (κ2) is 4.00. The van der Waals surface area contributed by atoms with E-state index >= 15 is 0 Å². The van der Waals surface area contributed by atoms with Crippen molar-refractivity contribution in [2.24, 2.45) is 0 Å². The summed E-state index contributed by atoms with van der Waals surface area (Å²) in [6.07, 6.45) is 1.67. The van der Waals surface area contributed by atoms with Crippen molar-refractivity contribution in [1.82, 2.24) is 0 Å². The van der Waals surface area contributed by atoms with Crippen LogP contribution in [0, 0.1) is 5.82 Å². The second-order valence-corrected chi connectivity index (χ2v) is 2.60. The molecule has 1 aromatic rings. The zero-order chi connectivity index (χ0) is 8.97. The number of benzene rings is 1. The molecule has 1 aromatic carbocycles. The van der Waals surface area contributed by atoms with Crippen molar-refractivity contribution in [3.8, 4) is 0 Å². The number of rotatable bonds is 3. The van der Waals surface area contributed by atoms with Gasteiger partial charge in [-0.3, -0.25) is 0 Å². The molecule has 0 saturated heterocycles. The van der Waals surface area contributed by atoms with Crippen molar-refractivity contribution in [3.63, 3.8) is 0 Å². The molecule has 2 heteroatoms. The molecule has 0 radical (unpaired) electrons. The summed E-state index contributed by atoms with van der Waals surface area (Å²) in [7, 11) is 0. The molecule has 0 aliphatic carbocycles. The molecule has 0 atom stereocenters. The van der Waals surface area contributed by atoms with Crippen LogP contribution in [0.15, 0.2) is 18.2 Å². The molecule has 0 saturated carbocycles. The van der Waals surface area contributed by atoms with E-state index in [-0.39, 0.29) is 12.2 Å². The minimum absolute atomic E-state index is 0.176. The fourth-order valence-corrected chi connectivity index (χ4v) is 1.25. The molecular formula is C10H11FO. The molecule has 0 aliphatic rings. The Labute approximate surface area is 71.2 Å². The van der Waals surface area contributed by atoms with Gasteiger partial charge >= 0.3 is 0 Å². The van der Waals surface area contributed by atoms with Crippen molar-refractivity contribution in [1.29, 1.82) is 0 Å². The summed E-state index contributed by atoms with van der Waals surface area (Å²) in [5, 5.41) is 0. The summed E-state index contributed by atoms with van der Waals surface area (Å²) in [6, 6.07) is 4.91. The van der Waals surface area contributed by atoms with Gasteiger partial charge in [0.05, 0.1) is 0 Å². The van der Waals surface area contributed by atoms with Crippen molar-refractivity contribution in [2.75, 3.05) is 0 Å². The first-order chi connectivity index (χ1) is 5.79. The highest BCUT2D eigenvalue weighted by molar-refractivity contribution is 5.56. The molecule has 0 N–H and O–H groups in total. The zero-order valence-electron chi connectivity index (χ0n) is 7.01. The first-order valence-corrected chi connectivity index (χ1v) is 3.99. The quantitative estimate of drug-likeness (QED) is 0.628. The van der Waals surface area contributed by atoms with Gasteiger partial charge < -0.3 is 4.79 Å². The average Bonchev–Trinajstić information content (AvgIpc) is 2.09. The van der Waals surface area contributed by atoms with Gasteiger partial charge in [-0.25, -0.2) is 4.39 Å². The molecule has 0 aromatic heterocycles. The fraction of sp³-hybridized carbons (Fsp3) is 0.300. The van der Waals surface area contributed by atoms with E-state index in [1.165, 1.54) is 6.07 Å². The Morgan fingerprint density at radius 2 is 2.25 bits per heavy atom. The third-order valence-corrected chi connectivity index (χ3v) is 1.88. The van der Waals surface area contributed by atoms with Crippen LogP contribution in [0.1, 0.15) is 18.1 Å². The molecule has 1 rings (SSSR count). The standard InChI is InChI=1S/C10H11FO/c1-2-8-4-3-5-10(11)9(8)6-7-12/h3-5,7H,2,6H2,1H3. The van der Waals surface area contributed by atoms with Gasteiger partial charge in [-0.1, -0.05) is 19.1 Å². The molecule has 64 valence electrons. The van der Waals surface area contributed by atoms with E-state index in [1.807, 2.05) is 13.0 Å². The van der Waals surface area contributed by atoms with E-state index in [9.17, 15) is 9.18 Å². The SMILES string of the molecule is CCc1cccc(F)c1CC=O. The Hall–Kier alpha value is -1.18. The normalized spacial score (nSPS) is 9.83. The van der Waals surface area contributed by atoms with Crippen LogP contribution in [0.4, 0.5) is 4.39 Å². The van der Waals surface area contributed by atoms with E-state index < -0.39 is 0 Å². The Kier molecular flexibility index (Phi) is 2.97. The van der Waals surface area contributed by atoms with Crippen LogP contribution in [0.5, 0.6) is 0 Å². The largest absolute Gasteiger partial charge is 0.303 e. The highest BCUT2D eigenvalue weighted by atomic mass is 19.1. The molecule has 1 nitrogen and oxygen atoms in total. The number of hydrogen-bond acceptors (Lipinski definition) is 1. The van der Waals surface area contributed by atoms with Gasteiger partial charge in [0.2, 0.25) is 0 Å². The summed E-state index contributed by atoms with van der Waals surface area (Å²) >= 11 is 0. The van der Waals surface area contributed by atoms with Gasteiger partial charge in [-0.05, 0) is 23.6 Å². The van der Waals surface area contributed by atoms with Gasteiger partial charge in [-0.2, -0.15) is 0 Å². The summed E-state index contributed by atoms with van der Waals surface area (Å²) in [6.45, 7) is 1.95. The maximum Gasteiger partial charge on any atom is 0.127 e. The molecule has 0 unspecified atom stereocenters. The number of halogens is 1. The molecule has 0 fully saturated rings. The third kappa shape index (κ3) is 1.70. The minimum atomic E-state index is -0.276. The maximum atomic E-state index is 13.1. The minimum Gasteiger partial charge on any atom is -0.303 e. The molecule has 0 spiro atoms.